The summed E-state index contributed by atoms with van der Waals surface area (Å²) in [6, 6.07) is 17.7. The Morgan fingerprint density at radius 3 is 1.74 bits per heavy atom. The van der Waals surface area contributed by atoms with Gasteiger partial charge in [-0.15, -0.1) is 12.4 Å². The van der Waals surface area contributed by atoms with Crippen molar-refractivity contribution in [2.75, 3.05) is 14.1 Å². The van der Waals surface area contributed by atoms with Gasteiger partial charge >= 0.3 is 5.97 Å². The fourth-order valence-electron chi connectivity index (χ4n) is 2.11. The Morgan fingerprint density at radius 2 is 1.39 bits per heavy atom. The predicted octanol–water partition coefficient (Wildman–Crippen LogP) is 2.80. The Balaban J connectivity index is 0.00000264. The summed E-state index contributed by atoms with van der Waals surface area (Å²) in [6.07, 6.45) is -0.438. The van der Waals surface area contributed by atoms with E-state index < -0.39 is 17.8 Å². The van der Waals surface area contributed by atoms with Crippen molar-refractivity contribution < 1.29 is 14.6 Å². The third kappa shape index (κ3) is 4.10. The van der Waals surface area contributed by atoms with Crippen LogP contribution in [0.4, 0.5) is 0 Å². The largest absolute Gasteiger partial charge is 0.444 e. The first-order valence-corrected chi connectivity index (χ1v) is 7.17. The average Bonchev–Trinajstić information content (AvgIpc) is 2.55. The quantitative estimate of drug-likeness (QED) is 0.674. The summed E-state index contributed by atoms with van der Waals surface area (Å²) in [5.41, 5.74) is -0.860. The number of nitrogens with zero attached hydrogens (tertiary/aromatic N) is 1. The van der Waals surface area contributed by atoms with E-state index in [1.807, 2.05) is 26.2 Å². The molecule has 1 unspecified atom stereocenters. The van der Waals surface area contributed by atoms with Gasteiger partial charge in [-0.1, -0.05) is 60.7 Å². The first-order valence-electron chi connectivity index (χ1n) is 7.17. The summed E-state index contributed by atoms with van der Waals surface area (Å²) >= 11 is 0. The molecule has 2 aromatic rings. The lowest BCUT2D eigenvalue weighted by atomic mass is 9.86. The standard InChI is InChI=1S/C18H21NO3.ClH/c1-14(19(2)3)22-17(20)18(21,15-10-6-4-7-11-15)16-12-8-5-9-13-16;/h4-14,21H,1-3H3;1H. The molecule has 0 spiro atoms. The van der Waals surface area contributed by atoms with E-state index in [1.54, 1.807) is 60.4 Å². The highest BCUT2D eigenvalue weighted by atomic mass is 35.5. The molecular formula is C18H22ClNO3. The Hall–Kier alpha value is -1.88. The number of carbonyl (C=O) groups excluding carboxylic acids is 1. The normalized spacial score (nSPS) is 12.4. The van der Waals surface area contributed by atoms with Crippen molar-refractivity contribution in [1.29, 1.82) is 0 Å². The number of hydrogen-bond donors (Lipinski definition) is 1. The molecular weight excluding hydrogens is 314 g/mol. The Labute approximate surface area is 143 Å². The van der Waals surface area contributed by atoms with Gasteiger partial charge < -0.3 is 9.84 Å². The molecule has 0 saturated carbocycles. The highest BCUT2D eigenvalue weighted by Gasteiger charge is 2.42. The Kier molecular flexibility index (Phi) is 6.76. The number of aliphatic hydroxyl groups is 1. The SMILES string of the molecule is CC(OC(=O)C(O)(c1ccccc1)c1ccccc1)N(C)C.Cl. The molecule has 0 bridgehead atoms. The smallest absolute Gasteiger partial charge is 0.349 e. The van der Waals surface area contributed by atoms with E-state index in [2.05, 4.69) is 0 Å². The first kappa shape index (κ1) is 19.2. The summed E-state index contributed by atoms with van der Waals surface area (Å²) in [6.45, 7) is 1.76. The molecule has 0 aliphatic rings. The molecule has 1 atom stereocenters. The summed E-state index contributed by atoms with van der Waals surface area (Å²) in [5.74, 6) is -0.689. The number of benzene rings is 2. The molecule has 2 aromatic carbocycles. The zero-order valence-corrected chi connectivity index (χ0v) is 14.3. The van der Waals surface area contributed by atoms with E-state index in [9.17, 15) is 9.90 Å². The van der Waals surface area contributed by atoms with E-state index in [4.69, 9.17) is 4.74 Å². The molecule has 0 aromatic heterocycles. The molecule has 0 saturated heterocycles. The number of halogens is 1. The zero-order valence-electron chi connectivity index (χ0n) is 13.5. The van der Waals surface area contributed by atoms with E-state index in [-0.39, 0.29) is 12.4 Å². The number of ether oxygens (including phenoxy) is 1. The molecule has 1 N–H and O–H groups in total. The summed E-state index contributed by atoms with van der Waals surface area (Å²) in [7, 11) is 3.62. The van der Waals surface area contributed by atoms with Crippen molar-refractivity contribution in [2.45, 2.75) is 18.8 Å². The summed E-state index contributed by atoms with van der Waals surface area (Å²) < 4.78 is 5.42. The van der Waals surface area contributed by atoms with Crippen molar-refractivity contribution >= 4 is 18.4 Å². The third-order valence-electron chi connectivity index (χ3n) is 3.68. The van der Waals surface area contributed by atoms with Crippen molar-refractivity contribution in [1.82, 2.24) is 4.90 Å². The van der Waals surface area contributed by atoms with Crippen LogP contribution in [0, 0.1) is 0 Å². The van der Waals surface area contributed by atoms with Crippen LogP contribution in [-0.4, -0.2) is 36.3 Å². The number of hydrogen-bond acceptors (Lipinski definition) is 4. The molecule has 0 aliphatic heterocycles. The fourth-order valence-corrected chi connectivity index (χ4v) is 2.11. The lowest BCUT2D eigenvalue weighted by Crippen LogP contribution is -2.42. The van der Waals surface area contributed by atoms with E-state index in [0.29, 0.717) is 11.1 Å². The van der Waals surface area contributed by atoms with Gasteiger partial charge in [0.05, 0.1) is 0 Å². The van der Waals surface area contributed by atoms with Crippen molar-refractivity contribution in [3.63, 3.8) is 0 Å². The van der Waals surface area contributed by atoms with Crippen LogP contribution >= 0.6 is 12.4 Å². The Morgan fingerprint density at radius 1 is 1.00 bits per heavy atom. The maximum Gasteiger partial charge on any atom is 0.349 e. The van der Waals surface area contributed by atoms with Gasteiger partial charge in [-0.25, -0.2) is 4.79 Å². The van der Waals surface area contributed by atoms with Crippen LogP contribution in [0.25, 0.3) is 0 Å². The van der Waals surface area contributed by atoms with E-state index in [0.717, 1.165) is 0 Å². The minimum absolute atomic E-state index is 0. The molecule has 0 amide bonds. The van der Waals surface area contributed by atoms with Crippen LogP contribution in [0.3, 0.4) is 0 Å². The van der Waals surface area contributed by atoms with E-state index in [1.165, 1.54) is 0 Å². The predicted molar refractivity (Wildman–Crippen MR) is 92.4 cm³/mol. The molecule has 23 heavy (non-hydrogen) atoms. The van der Waals surface area contributed by atoms with Gasteiger partial charge in [-0.05, 0) is 32.1 Å². The van der Waals surface area contributed by atoms with Crippen LogP contribution in [0.5, 0.6) is 0 Å². The van der Waals surface area contributed by atoms with Crippen molar-refractivity contribution in [3.8, 4) is 0 Å². The van der Waals surface area contributed by atoms with Crippen LogP contribution in [0.1, 0.15) is 18.1 Å². The second-order valence-corrected chi connectivity index (χ2v) is 5.41. The van der Waals surface area contributed by atoms with Gasteiger partial charge in [0, 0.05) is 0 Å². The maximum atomic E-state index is 12.7. The van der Waals surface area contributed by atoms with Gasteiger partial charge in [0.2, 0.25) is 5.60 Å². The maximum absolute atomic E-state index is 12.7. The van der Waals surface area contributed by atoms with Crippen molar-refractivity contribution in [3.05, 3.63) is 71.8 Å². The number of rotatable bonds is 5. The van der Waals surface area contributed by atoms with Gasteiger partial charge in [-0.3, -0.25) is 4.90 Å². The molecule has 0 fully saturated rings. The zero-order chi connectivity index (χ0) is 16.2. The molecule has 0 radical (unpaired) electrons. The van der Waals surface area contributed by atoms with Crippen LogP contribution in [0.2, 0.25) is 0 Å². The fraction of sp³-hybridized carbons (Fsp3) is 0.278. The minimum Gasteiger partial charge on any atom is -0.444 e. The minimum atomic E-state index is -1.83. The molecule has 2 rings (SSSR count). The van der Waals surface area contributed by atoms with Gasteiger partial charge in [-0.2, -0.15) is 0 Å². The first-order chi connectivity index (χ1) is 10.5. The second kappa shape index (κ2) is 8.11. The van der Waals surface area contributed by atoms with Crippen LogP contribution in [-0.2, 0) is 15.1 Å². The number of esters is 1. The molecule has 4 nitrogen and oxygen atoms in total. The molecule has 5 heteroatoms. The lowest BCUT2D eigenvalue weighted by molar-refractivity contribution is -0.174. The number of carbonyl (C=O) groups is 1. The lowest BCUT2D eigenvalue weighted by Gasteiger charge is -2.30. The Bertz CT molecular complexity index is 577. The van der Waals surface area contributed by atoms with Crippen LogP contribution < -0.4 is 0 Å². The average molecular weight is 336 g/mol. The monoisotopic (exact) mass is 335 g/mol. The van der Waals surface area contributed by atoms with Gasteiger partial charge in [0.15, 0.2) is 6.23 Å². The molecule has 0 heterocycles. The summed E-state index contributed by atoms with van der Waals surface area (Å²) in [4.78, 5) is 14.4. The third-order valence-corrected chi connectivity index (χ3v) is 3.68. The highest BCUT2D eigenvalue weighted by molar-refractivity contribution is 5.85. The van der Waals surface area contributed by atoms with Crippen LogP contribution in [0.15, 0.2) is 60.7 Å². The van der Waals surface area contributed by atoms with Gasteiger partial charge in [0.1, 0.15) is 0 Å². The highest BCUT2D eigenvalue weighted by Crippen LogP contribution is 2.31. The van der Waals surface area contributed by atoms with E-state index >= 15 is 0 Å². The molecule has 0 aliphatic carbocycles. The summed E-state index contributed by atoms with van der Waals surface area (Å²) in [5, 5.41) is 11.2. The second-order valence-electron chi connectivity index (χ2n) is 5.41. The topological polar surface area (TPSA) is 49.8 Å². The van der Waals surface area contributed by atoms with Crippen molar-refractivity contribution in [2.24, 2.45) is 0 Å². The van der Waals surface area contributed by atoms with Gasteiger partial charge in [0.25, 0.3) is 0 Å². The molecule has 124 valence electrons.